The van der Waals surface area contributed by atoms with Gasteiger partial charge in [0.15, 0.2) is 0 Å². The van der Waals surface area contributed by atoms with Crippen LogP contribution in [0.5, 0.6) is 17.2 Å². The number of benzene rings is 3. The average molecular weight is 1010 g/mol. The third-order valence-electron chi connectivity index (χ3n) is 13.4. The Labute approximate surface area is 421 Å². The molecular weight excluding hydrogens is 914 g/mol. The van der Waals surface area contributed by atoms with Crippen molar-refractivity contribution in [2.24, 2.45) is 0 Å². The summed E-state index contributed by atoms with van der Waals surface area (Å²) in [4.78, 5) is 7.36. The number of aromatic hydroxyl groups is 3. The van der Waals surface area contributed by atoms with E-state index >= 15 is 0 Å². The number of hydrogen-bond donors (Lipinski definition) is 3. The molecule has 6 nitrogen and oxygen atoms in total. The Morgan fingerprint density at radius 2 is 0.516 bits per heavy atom. The van der Waals surface area contributed by atoms with Crippen LogP contribution in [0.25, 0.3) is 0 Å². The van der Waals surface area contributed by atoms with Gasteiger partial charge in [-0.2, -0.15) is 0 Å². The predicted octanol–water partition coefficient (Wildman–Crippen LogP) is 13.7. The van der Waals surface area contributed by atoms with Gasteiger partial charge >= 0.3 is 0 Å². The molecule has 3 aliphatic rings. The van der Waals surface area contributed by atoms with Gasteiger partial charge in [0.05, 0.1) is 0 Å². The van der Waals surface area contributed by atoms with E-state index in [1.807, 2.05) is 0 Å². The Kier molecular flexibility index (Phi) is 19.4. The monoisotopic (exact) mass is 1010 g/mol. The first-order chi connectivity index (χ1) is 28.8. The van der Waals surface area contributed by atoms with Crippen LogP contribution in [0.1, 0.15) is 213 Å². The van der Waals surface area contributed by atoms with Gasteiger partial charge in [0.25, 0.3) is 0 Å². The van der Waals surface area contributed by atoms with Crippen molar-refractivity contribution in [1.29, 1.82) is 0 Å². The Hall–Kier alpha value is -1.87. The van der Waals surface area contributed by atoms with E-state index in [9.17, 15) is 15.3 Å². The summed E-state index contributed by atoms with van der Waals surface area (Å²) < 4.78 is 0. The molecule has 0 unspecified atom stereocenters. The summed E-state index contributed by atoms with van der Waals surface area (Å²) in [7, 11) is 0. The molecule has 0 amide bonds. The third-order valence-corrected chi connectivity index (χ3v) is 13.4. The maximum absolute atomic E-state index is 10.7. The van der Waals surface area contributed by atoms with Crippen molar-refractivity contribution in [3.8, 4) is 17.2 Å². The molecule has 3 aromatic rings. The van der Waals surface area contributed by atoms with E-state index in [-0.39, 0.29) is 68.1 Å². The van der Waals surface area contributed by atoms with E-state index in [0.29, 0.717) is 17.2 Å². The standard InChI is InChI=1S/3C19H31NO.La/c3*1-18(2,3)15-11-14(13-20-9-7-8-10-20)17(21)16(12-15)19(4,5)6;/h3*11-12,21H,7-10,13H2,1-6H3;. The minimum atomic E-state index is -0.0366. The van der Waals surface area contributed by atoms with Crippen molar-refractivity contribution in [3.05, 3.63) is 86.5 Å². The summed E-state index contributed by atoms with van der Waals surface area (Å²) >= 11 is 0. The molecule has 0 bridgehead atoms. The maximum Gasteiger partial charge on any atom is 0.123 e. The van der Waals surface area contributed by atoms with Gasteiger partial charge in [-0.25, -0.2) is 0 Å². The first kappa shape index (κ1) is 56.5. The number of phenols is 3. The molecule has 0 aromatic heterocycles. The van der Waals surface area contributed by atoms with Gasteiger partial charge in [-0.15, -0.1) is 0 Å². The van der Waals surface area contributed by atoms with Crippen molar-refractivity contribution in [2.75, 3.05) is 39.3 Å². The van der Waals surface area contributed by atoms with E-state index in [1.54, 1.807) is 0 Å². The van der Waals surface area contributed by atoms with E-state index in [2.05, 4.69) is 176 Å². The van der Waals surface area contributed by atoms with E-state index < -0.39 is 0 Å². The zero-order valence-corrected chi connectivity index (χ0v) is 48.0. The fraction of sp³-hybridized carbons (Fsp3) is 0.684. The first-order valence-corrected chi connectivity index (χ1v) is 24.5. The molecule has 1 radical (unpaired) electrons. The van der Waals surface area contributed by atoms with Crippen LogP contribution in [0.4, 0.5) is 0 Å². The summed E-state index contributed by atoms with van der Waals surface area (Å²) in [5.41, 5.74) is 10.7. The number of nitrogens with zero attached hydrogens (tertiary/aromatic N) is 3. The summed E-state index contributed by atoms with van der Waals surface area (Å²) in [5, 5.41) is 32.2. The molecule has 357 valence electrons. The van der Waals surface area contributed by atoms with Gasteiger partial charge in [-0.05, 0) is 144 Å². The van der Waals surface area contributed by atoms with E-state index in [4.69, 9.17) is 0 Å². The zero-order valence-electron chi connectivity index (χ0n) is 44.3. The number of rotatable bonds is 6. The van der Waals surface area contributed by atoms with Crippen LogP contribution in [0, 0.1) is 35.6 Å². The molecule has 3 fully saturated rings. The second-order valence-electron chi connectivity index (χ2n) is 25.5. The van der Waals surface area contributed by atoms with Gasteiger partial charge in [-0.1, -0.05) is 161 Å². The molecule has 3 heterocycles. The quantitative estimate of drug-likeness (QED) is 0.229. The minimum Gasteiger partial charge on any atom is -0.507 e. The summed E-state index contributed by atoms with van der Waals surface area (Å²) in [6.07, 6.45) is 7.70. The van der Waals surface area contributed by atoms with E-state index in [0.717, 1.165) is 92.3 Å². The van der Waals surface area contributed by atoms with Crippen LogP contribution in [-0.4, -0.2) is 69.3 Å². The number of hydrogen-bond acceptors (Lipinski definition) is 6. The average Bonchev–Trinajstić information content (AvgIpc) is 3.94. The Morgan fingerprint density at radius 3 is 0.672 bits per heavy atom. The molecule has 0 saturated carbocycles. The molecule has 3 aliphatic heterocycles. The van der Waals surface area contributed by atoms with E-state index in [1.165, 1.54) is 55.2 Å². The van der Waals surface area contributed by atoms with Crippen LogP contribution in [-0.2, 0) is 52.1 Å². The molecule has 7 heteroatoms. The molecule has 3 N–H and O–H groups in total. The second-order valence-corrected chi connectivity index (χ2v) is 25.5. The summed E-state index contributed by atoms with van der Waals surface area (Å²) in [6.45, 7) is 49.3. The fourth-order valence-corrected chi connectivity index (χ4v) is 9.00. The largest absolute Gasteiger partial charge is 0.507 e. The zero-order chi connectivity index (χ0) is 47.5. The first-order valence-electron chi connectivity index (χ1n) is 24.5. The van der Waals surface area contributed by atoms with Crippen LogP contribution in [0.3, 0.4) is 0 Å². The molecule has 3 saturated heterocycles. The third kappa shape index (κ3) is 15.9. The Balaban J connectivity index is 0.000000253. The number of phenolic OH excluding ortho intramolecular Hbond substituents is 3. The molecule has 0 atom stereocenters. The van der Waals surface area contributed by atoms with Crippen LogP contribution in [0.2, 0.25) is 0 Å². The van der Waals surface area contributed by atoms with Gasteiger partial charge < -0.3 is 15.3 Å². The van der Waals surface area contributed by atoms with Crippen molar-refractivity contribution in [1.82, 2.24) is 14.7 Å². The molecule has 0 spiro atoms. The van der Waals surface area contributed by atoms with Crippen LogP contribution >= 0.6 is 0 Å². The normalized spacial score (nSPS) is 17.2. The maximum atomic E-state index is 10.7. The Bertz CT molecular complexity index is 1730. The minimum absolute atomic E-state index is 0. The molecular formula is C57H93LaN3O3. The van der Waals surface area contributed by atoms with Crippen LogP contribution < -0.4 is 0 Å². The summed E-state index contributed by atoms with van der Waals surface area (Å²) in [6, 6.07) is 13.2. The van der Waals surface area contributed by atoms with Crippen LogP contribution in [0.15, 0.2) is 36.4 Å². The SMILES string of the molecule is CC(C)(C)c1cc(CN2CCCC2)c(O)c(C(C)(C)C)c1.CC(C)(C)c1cc(CN2CCCC2)c(O)c(C(C)(C)C)c1.CC(C)(C)c1cc(CN2CCCC2)c(O)c(C(C)(C)C)c1.[La]. The van der Waals surface area contributed by atoms with Crippen molar-refractivity contribution in [3.63, 3.8) is 0 Å². The van der Waals surface area contributed by atoms with Crippen molar-refractivity contribution < 1.29 is 50.9 Å². The molecule has 64 heavy (non-hydrogen) atoms. The topological polar surface area (TPSA) is 70.4 Å². The molecule has 3 aromatic carbocycles. The fourth-order valence-electron chi connectivity index (χ4n) is 9.00. The second kappa shape index (κ2) is 22.0. The summed E-state index contributed by atoms with van der Waals surface area (Å²) in [5.74, 6) is 1.51. The van der Waals surface area contributed by atoms with Gasteiger partial charge in [0.1, 0.15) is 17.2 Å². The Morgan fingerprint density at radius 1 is 0.328 bits per heavy atom. The predicted molar refractivity (Wildman–Crippen MR) is 270 cm³/mol. The smallest absolute Gasteiger partial charge is 0.123 e. The number of likely N-dealkylation sites (tertiary alicyclic amines) is 3. The molecule has 6 rings (SSSR count). The van der Waals surface area contributed by atoms with Gasteiger partial charge in [0, 0.05) is 71.9 Å². The van der Waals surface area contributed by atoms with Gasteiger partial charge in [0.2, 0.25) is 0 Å². The van der Waals surface area contributed by atoms with Crippen molar-refractivity contribution in [2.45, 2.75) is 215 Å². The van der Waals surface area contributed by atoms with Crippen molar-refractivity contribution >= 4 is 0 Å². The van der Waals surface area contributed by atoms with Gasteiger partial charge in [-0.3, -0.25) is 14.7 Å². The molecule has 0 aliphatic carbocycles.